The molecule has 1 aliphatic rings. The van der Waals surface area contributed by atoms with E-state index >= 15 is 0 Å². The Labute approximate surface area is 211 Å². The summed E-state index contributed by atoms with van der Waals surface area (Å²) in [6.07, 6.45) is 0. The number of amides is 1. The number of hydrogen-bond donors (Lipinski definition) is 0. The molecule has 192 valence electrons. The highest BCUT2D eigenvalue weighted by Gasteiger charge is 2.28. The lowest BCUT2D eigenvalue weighted by Crippen LogP contribution is -2.28. The van der Waals surface area contributed by atoms with Crippen molar-refractivity contribution in [2.24, 2.45) is 0 Å². The Morgan fingerprint density at radius 1 is 1.06 bits per heavy atom. The number of methoxy groups -OCH3 is 1. The van der Waals surface area contributed by atoms with Gasteiger partial charge < -0.3 is 14.1 Å². The predicted molar refractivity (Wildman–Crippen MR) is 133 cm³/mol. The molecule has 3 aromatic rings. The average molecular weight is 514 g/mol. The third-order valence-corrected chi connectivity index (χ3v) is 8.37. The van der Waals surface area contributed by atoms with Gasteiger partial charge in [0.2, 0.25) is 15.9 Å². The Hall–Kier alpha value is -3.28. The zero-order chi connectivity index (χ0) is 26.2. The van der Waals surface area contributed by atoms with Crippen LogP contribution in [0.2, 0.25) is 0 Å². The van der Waals surface area contributed by atoms with Gasteiger partial charge in [-0.15, -0.1) is 10.2 Å². The van der Waals surface area contributed by atoms with Crippen molar-refractivity contribution in [3.05, 3.63) is 69.9 Å². The first-order valence-corrected chi connectivity index (χ1v) is 12.9. The normalized spacial score (nSPS) is 13.8. The van der Waals surface area contributed by atoms with Gasteiger partial charge in [-0.25, -0.2) is 8.42 Å². The molecule has 0 saturated heterocycles. The molecule has 0 saturated carbocycles. The maximum Gasteiger partial charge on any atom is 0.311 e. The summed E-state index contributed by atoms with van der Waals surface area (Å²) >= 11 is 0. The van der Waals surface area contributed by atoms with Crippen molar-refractivity contribution in [3.8, 4) is 5.75 Å². The number of rotatable bonds is 8. The van der Waals surface area contributed by atoms with E-state index in [-0.39, 0.29) is 23.2 Å². The summed E-state index contributed by atoms with van der Waals surface area (Å²) in [7, 11) is 2.85. The molecule has 0 bridgehead atoms. The number of carbonyl (C=O) groups is 1. The number of aryl methyl sites for hydroxylation is 2. The number of sulfonamides is 1. The highest BCUT2D eigenvalue weighted by atomic mass is 32.2. The number of ether oxygens (including phenoxy) is 1. The number of fused-ring (bicyclic) bond motifs is 1. The second-order valence-corrected chi connectivity index (χ2v) is 11.3. The number of hydrogen-bond acceptors (Lipinski definition) is 8. The zero-order valence-corrected chi connectivity index (χ0v) is 22.2. The van der Waals surface area contributed by atoms with E-state index in [9.17, 15) is 13.2 Å². The van der Waals surface area contributed by atoms with Crippen LogP contribution in [0.3, 0.4) is 0 Å². The highest BCUT2D eigenvalue weighted by molar-refractivity contribution is 7.89. The number of carbonyl (C=O) groups excluding carboxylic acids is 1. The number of aromatic nitrogens is 2. The van der Waals surface area contributed by atoms with Gasteiger partial charge in [0.15, 0.2) is 0 Å². The average Bonchev–Trinajstić information content (AvgIpc) is 3.42. The molecule has 0 N–H and O–H groups in total. The van der Waals surface area contributed by atoms with Crippen LogP contribution < -0.4 is 4.74 Å². The van der Waals surface area contributed by atoms with Gasteiger partial charge in [0.25, 0.3) is 0 Å². The zero-order valence-electron chi connectivity index (χ0n) is 21.4. The minimum atomic E-state index is -3.85. The largest absolute Gasteiger partial charge is 0.497 e. The lowest BCUT2D eigenvalue weighted by molar-refractivity contribution is 0.0742. The first kappa shape index (κ1) is 25.8. The van der Waals surface area contributed by atoms with Crippen molar-refractivity contribution in [3.63, 3.8) is 0 Å². The Balaban J connectivity index is 1.44. The summed E-state index contributed by atoms with van der Waals surface area (Å²) in [6, 6.07) is 9.58. The summed E-state index contributed by atoms with van der Waals surface area (Å²) in [6.45, 7) is 5.47. The second kappa shape index (κ2) is 10.00. The third kappa shape index (κ3) is 5.13. The molecule has 11 heteroatoms. The molecule has 0 spiro atoms. The molecule has 1 amide bonds. The fraction of sp³-hybridized carbons (Fsp3) is 0.400. The molecule has 10 nitrogen and oxygen atoms in total. The molecular weight excluding hydrogens is 482 g/mol. The van der Waals surface area contributed by atoms with Crippen molar-refractivity contribution in [1.82, 2.24) is 24.3 Å². The quantitative estimate of drug-likeness (QED) is 0.452. The van der Waals surface area contributed by atoms with E-state index in [4.69, 9.17) is 9.15 Å². The van der Waals surface area contributed by atoms with Crippen molar-refractivity contribution in [2.45, 2.75) is 44.9 Å². The first-order valence-electron chi connectivity index (χ1n) is 11.5. The Kier molecular flexibility index (Phi) is 7.17. The van der Waals surface area contributed by atoms with Crippen LogP contribution in [-0.2, 0) is 36.2 Å². The van der Waals surface area contributed by atoms with Crippen LogP contribution in [0.15, 0.2) is 39.6 Å². The number of nitrogens with zero attached hydrogens (tertiary/aromatic N) is 5. The van der Waals surface area contributed by atoms with Crippen LogP contribution in [0.4, 0.5) is 0 Å². The van der Waals surface area contributed by atoms with Gasteiger partial charge >= 0.3 is 11.8 Å². The minimum Gasteiger partial charge on any atom is -0.497 e. The van der Waals surface area contributed by atoms with Crippen molar-refractivity contribution in [2.75, 3.05) is 28.3 Å². The third-order valence-electron chi connectivity index (χ3n) is 6.26. The van der Waals surface area contributed by atoms with Gasteiger partial charge in [0, 0.05) is 33.7 Å². The Bertz CT molecular complexity index is 1380. The highest BCUT2D eigenvalue weighted by Crippen LogP contribution is 2.28. The van der Waals surface area contributed by atoms with E-state index in [1.54, 1.807) is 33.0 Å². The topological polar surface area (TPSA) is 109 Å². The van der Waals surface area contributed by atoms with E-state index in [0.717, 1.165) is 23.0 Å². The van der Waals surface area contributed by atoms with Crippen molar-refractivity contribution >= 4 is 15.9 Å². The van der Waals surface area contributed by atoms with E-state index in [2.05, 4.69) is 34.3 Å². The minimum absolute atomic E-state index is 0.0298. The summed E-state index contributed by atoms with van der Waals surface area (Å²) in [5.41, 5.74) is 4.72. The Morgan fingerprint density at radius 2 is 1.72 bits per heavy atom. The smallest absolute Gasteiger partial charge is 0.311 e. The molecule has 0 fully saturated rings. The lowest BCUT2D eigenvalue weighted by Gasteiger charge is -2.19. The molecule has 1 aliphatic heterocycles. The van der Waals surface area contributed by atoms with Crippen LogP contribution in [0, 0.1) is 13.8 Å². The molecule has 2 aromatic carbocycles. The maximum absolute atomic E-state index is 13.2. The van der Waals surface area contributed by atoms with E-state index in [0.29, 0.717) is 23.4 Å². The first-order chi connectivity index (χ1) is 17.0. The standard InChI is InChI=1S/C25H31N5O5S/c1-16-9-21(34-6)10-17(2)23(16)36(32,33)30(5)15-22-26-27-24(35-22)25(31)29(4)12-18-7-8-19-13-28(3)14-20(19)11-18/h7-11H,12-15H2,1-6H3. The molecule has 1 aromatic heterocycles. The summed E-state index contributed by atoms with van der Waals surface area (Å²) in [4.78, 5) is 16.8. The molecule has 36 heavy (non-hydrogen) atoms. The monoisotopic (exact) mass is 513 g/mol. The molecule has 0 radical (unpaired) electrons. The fourth-order valence-electron chi connectivity index (χ4n) is 4.50. The van der Waals surface area contributed by atoms with E-state index < -0.39 is 15.9 Å². The molecule has 0 unspecified atom stereocenters. The van der Waals surface area contributed by atoms with Gasteiger partial charge in [-0.05, 0) is 60.8 Å². The van der Waals surface area contributed by atoms with Gasteiger partial charge in [0.1, 0.15) is 5.75 Å². The van der Waals surface area contributed by atoms with Crippen LogP contribution >= 0.6 is 0 Å². The second-order valence-electron chi connectivity index (χ2n) is 9.29. The number of benzene rings is 2. The molecule has 0 aliphatic carbocycles. The SMILES string of the molecule is COc1cc(C)c(S(=O)(=O)N(C)Cc2nnc(C(=O)N(C)Cc3ccc4c(c3)CN(C)C4)o2)c(C)c1. The molecule has 4 rings (SSSR count). The fourth-order valence-corrected chi connectivity index (χ4v) is 6.02. The van der Waals surface area contributed by atoms with Gasteiger partial charge in [0.05, 0.1) is 18.6 Å². The van der Waals surface area contributed by atoms with Crippen molar-refractivity contribution < 1.29 is 22.4 Å². The molecule has 0 atom stereocenters. The maximum atomic E-state index is 13.2. The lowest BCUT2D eigenvalue weighted by atomic mass is 10.1. The van der Waals surface area contributed by atoms with Crippen molar-refractivity contribution in [1.29, 1.82) is 0 Å². The summed E-state index contributed by atoms with van der Waals surface area (Å²) in [5, 5.41) is 7.77. The summed E-state index contributed by atoms with van der Waals surface area (Å²) in [5.74, 6) is -0.0000614. The van der Waals surface area contributed by atoms with Crippen LogP contribution in [0.25, 0.3) is 0 Å². The molecular formula is C25H31N5O5S. The van der Waals surface area contributed by atoms with Crippen LogP contribution in [0.5, 0.6) is 5.75 Å². The van der Waals surface area contributed by atoms with E-state index in [1.807, 2.05) is 6.07 Å². The van der Waals surface area contributed by atoms with Gasteiger partial charge in [-0.2, -0.15) is 4.31 Å². The van der Waals surface area contributed by atoms with Gasteiger partial charge in [-0.1, -0.05) is 18.2 Å². The Morgan fingerprint density at radius 3 is 2.39 bits per heavy atom. The predicted octanol–water partition coefficient (Wildman–Crippen LogP) is 2.73. The van der Waals surface area contributed by atoms with Gasteiger partial charge in [-0.3, -0.25) is 9.69 Å². The van der Waals surface area contributed by atoms with Crippen LogP contribution in [0.1, 0.15) is 44.4 Å². The van der Waals surface area contributed by atoms with Crippen LogP contribution in [-0.4, -0.2) is 66.9 Å². The van der Waals surface area contributed by atoms with E-state index in [1.165, 1.54) is 30.2 Å². The molecule has 2 heterocycles. The summed E-state index contributed by atoms with van der Waals surface area (Å²) < 4.78 is 38.4.